The first-order valence-electron chi connectivity index (χ1n) is 7.78. The molecule has 0 unspecified atom stereocenters. The lowest BCUT2D eigenvalue weighted by atomic mass is 10.1. The largest absolute Gasteiger partial charge is 0.398 e. The average molecular weight is 400 g/mol. The number of anilines is 1. The third kappa shape index (κ3) is 7.90. The number of amides is 1. The van der Waals surface area contributed by atoms with Crippen LogP contribution in [0, 0.1) is 0 Å². The van der Waals surface area contributed by atoms with Gasteiger partial charge in [-0.3, -0.25) is 4.79 Å². The molecule has 0 aliphatic carbocycles. The van der Waals surface area contributed by atoms with Gasteiger partial charge in [0.05, 0.1) is 5.56 Å². The molecule has 140 valence electrons. The number of para-hydroxylation sites is 1. The van der Waals surface area contributed by atoms with E-state index in [9.17, 15) is 4.79 Å². The van der Waals surface area contributed by atoms with Crippen LogP contribution in [0.4, 0.5) is 5.69 Å². The maximum Gasteiger partial charge on any atom is 0.253 e. The molecule has 0 atom stereocenters. The summed E-state index contributed by atoms with van der Waals surface area (Å²) in [5.41, 5.74) is 6.89. The fourth-order valence-electron chi connectivity index (χ4n) is 2.63. The van der Waals surface area contributed by atoms with Crippen LogP contribution in [-0.2, 0) is 0 Å². The predicted octanol–water partition coefficient (Wildman–Crippen LogP) is 2.29. The second kappa shape index (κ2) is 13.6. The third-order valence-electron chi connectivity index (χ3n) is 4.05. The lowest BCUT2D eigenvalue weighted by Crippen LogP contribution is -2.46. The van der Waals surface area contributed by atoms with Gasteiger partial charge < -0.3 is 20.9 Å². The minimum atomic E-state index is -0.0797. The Hall–Kier alpha value is -0.720. The summed E-state index contributed by atoms with van der Waals surface area (Å²) in [5, 5.41) is 2.94. The standard InChI is InChI=1S/C16H26N4O.3ClH/c1-2-19-10-12-20(13-11-19)9-5-8-18-16(21)14-6-3-4-7-15(14)17;;;/h3-4,6-7H,2,5,8-13,17H2,1H3,(H,18,21);3*1H. The molecule has 1 aliphatic rings. The number of nitrogens with one attached hydrogen (secondary N) is 1. The Labute approximate surface area is 163 Å². The molecule has 8 heteroatoms. The van der Waals surface area contributed by atoms with E-state index >= 15 is 0 Å². The number of rotatable bonds is 6. The van der Waals surface area contributed by atoms with Crippen LogP contribution in [0.5, 0.6) is 0 Å². The summed E-state index contributed by atoms with van der Waals surface area (Å²) in [4.78, 5) is 16.9. The summed E-state index contributed by atoms with van der Waals surface area (Å²) < 4.78 is 0. The highest BCUT2D eigenvalue weighted by atomic mass is 35.5. The van der Waals surface area contributed by atoms with Gasteiger partial charge in [-0.15, -0.1) is 37.2 Å². The molecule has 2 rings (SSSR count). The van der Waals surface area contributed by atoms with Crippen molar-refractivity contribution in [1.82, 2.24) is 15.1 Å². The van der Waals surface area contributed by atoms with Crippen LogP contribution in [0.2, 0.25) is 0 Å². The van der Waals surface area contributed by atoms with Gasteiger partial charge >= 0.3 is 0 Å². The summed E-state index contributed by atoms with van der Waals surface area (Å²) in [7, 11) is 0. The van der Waals surface area contributed by atoms with E-state index in [0.717, 1.165) is 45.7 Å². The quantitative estimate of drug-likeness (QED) is 0.569. The van der Waals surface area contributed by atoms with Crippen LogP contribution >= 0.6 is 37.2 Å². The lowest BCUT2D eigenvalue weighted by Gasteiger charge is -2.33. The topological polar surface area (TPSA) is 61.6 Å². The minimum absolute atomic E-state index is 0. The van der Waals surface area contributed by atoms with Crippen molar-refractivity contribution < 1.29 is 4.79 Å². The van der Waals surface area contributed by atoms with E-state index in [0.29, 0.717) is 17.8 Å². The fourth-order valence-corrected chi connectivity index (χ4v) is 2.63. The smallest absolute Gasteiger partial charge is 0.253 e. The highest BCUT2D eigenvalue weighted by molar-refractivity contribution is 5.99. The van der Waals surface area contributed by atoms with Crippen LogP contribution in [-0.4, -0.2) is 61.5 Å². The monoisotopic (exact) mass is 398 g/mol. The molecule has 1 saturated heterocycles. The minimum Gasteiger partial charge on any atom is -0.398 e. The van der Waals surface area contributed by atoms with Crippen LogP contribution in [0.3, 0.4) is 0 Å². The van der Waals surface area contributed by atoms with E-state index in [2.05, 4.69) is 22.0 Å². The molecular formula is C16H29Cl3N4O. The molecule has 1 heterocycles. The molecule has 1 aliphatic heterocycles. The number of benzene rings is 1. The molecule has 1 fully saturated rings. The molecule has 0 radical (unpaired) electrons. The van der Waals surface area contributed by atoms with Gasteiger partial charge in [-0.2, -0.15) is 0 Å². The number of halogens is 3. The molecule has 0 aromatic heterocycles. The zero-order chi connectivity index (χ0) is 15.1. The SMILES string of the molecule is CCN1CCN(CCCNC(=O)c2ccccc2N)CC1.Cl.Cl.Cl. The molecular weight excluding hydrogens is 371 g/mol. The summed E-state index contributed by atoms with van der Waals surface area (Å²) in [6.07, 6.45) is 0.977. The highest BCUT2D eigenvalue weighted by Gasteiger charge is 2.14. The third-order valence-corrected chi connectivity index (χ3v) is 4.05. The van der Waals surface area contributed by atoms with Gasteiger partial charge in [-0.1, -0.05) is 19.1 Å². The number of nitrogen functional groups attached to an aromatic ring is 1. The number of carbonyl (C=O) groups is 1. The Balaban J connectivity index is 0. The predicted molar refractivity (Wildman–Crippen MR) is 108 cm³/mol. The van der Waals surface area contributed by atoms with Crippen molar-refractivity contribution >= 4 is 48.8 Å². The molecule has 0 spiro atoms. The average Bonchev–Trinajstić information content (AvgIpc) is 2.52. The number of hydrogen-bond donors (Lipinski definition) is 2. The summed E-state index contributed by atoms with van der Waals surface area (Å²) in [5.74, 6) is -0.0797. The van der Waals surface area contributed by atoms with Crippen molar-refractivity contribution in [1.29, 1.82) is 0 Å². The Morgan fingerprint density at radius 3 is 2.25 bits per heavy atom. The van der Waals surface area contributed by atoms with E-state index < -0.39 is 0 Å². The van der Waals surface area contributed by atoms with E-state index in [1.807, 2.05) is 12.1 Å². The van der Waals surface area contributed by atoms with Gasteiger partial charge in [0.2, 0.25) is 0 Å². The molecule has 24 heavy (non-hydrogen) atoms. The molecule has 1 aromatic rings. The number of nitrogens with two attached hydrogens (primary N) is 1. The maximum atomic E-state index is 12.0. The first kappa shape index (κ1) is 25.5. The van der Waals surface area contributed by atoms with E-state index in [4.69, 9.17) is 5.73 Å². The summed E-state index contributed by atoms with van der Waals surface area (Å²) in [6.45, 7) is 9.67. The highest BCUT2D eigenvalue weighted by Crippen LogP contribution is 2.09. The second-order valence-corrected chi connectivity index (χ2v) is 5.47. The van der Waals surface area contributed by atoms with Crippen molar-refractivity contribution in [2.24, 2.45) is 0 Å². The maximum absolute atomic E-state index is 12.0. The van der Waals surface area contributed by atoms with Crippen molar-refractivity contribution in [3.05, 3.63) is 29.8 Å². The summed E-state index contributed by atoms with van der Waals surface area (Å²) >= 11 is 0. The van der Waals surface area contributed by atoms with Crippen LogP contribution < -0.4 is 11.1 Å². The first-order chi connectivity index (χ1) is 10.2. The zero-order valence-corrected chi connectivity index (χ0v) is 16.5. The van der Waals surface area contributed by atoms with Crippen LogP contribution in [0.25, 0.3) is 0 Å². The Kier molecular flexibility index (Phi) is 14.4. The van der Waals surface area contributed by atoms with Gasteiger partial charge in [-0.05, 0) is 31.6 Å². The van der Waals surface area contributed by atoms with Gasteiger partial charge in [-0.25, -0.2) is 0 Å². The fraction of sp³-hybridized carbons (Fsp3) is 0.562. The van der Waals surface area contributed by atoms with E-state index in [1.54, 1.807) is 12.1 Å². The number of nitrogens with zero attached hydrogens (tertiary/aromatic N) is 2. The normalized spacial score (nSPS) is 14.7. The second-order valence-electron chi connectivity index (χ2n) is 5.47. The lowest BCUT2D eigenvalue weighted by molar-refractivity contribution is 0.0949. The van der Waals surface area contributed by atoms with Crippen LogP contribution in [0.1, 0.15) is 23.7 Å². The Morgan fingerprint density at radius 2 is 1.67 bits per heavy atom. The van der Waals surface area contributed by atoms with Gasteiger partial charge in [0, 0.05) is 38.4 Å². The summed E-state index contributed by atoms with van der Waals surface area (Å²) in [6, 6.07) is 7.18. The van der Waals surface area contributed by atoms with Crippen molar-refractivity contribution in [2.45, 2.75) is 13.3 Å². The molecule has 1 aromatic carbocycles. The van der Waals surface area contributed by atoms with Crippen molar-refractivity contribution in [3.63, 3.8) is 0 Å². The number of piperazine rings is 1. The molecule has 5 nitrogen and oxygen atoms in total. The van der Waals surface area contributed by atoms with Gasteiger partial charge in [0.15, 0.2) is 0 Å². The Bertz CT molecular complexity index is 468. The first-order valence-corrected chi connectivity index (χ1v) is 7.78. The number of hydrogen-bond acceptors (Lipinski definition) is 4. The molecule has 0 bridgehead atoms. The van der Waals surface area contributed by atoms with Gasteiger partial charge in [0.25, 0.3) is 5.91 Å². The van der Waals surface area contributed by atoms with Crippen LogP contribution in [0.15, 0.2) is 24.3 Å². The number of likely N-dealkylation sites (N-methyl/N-ethyl adjacent to an activating group) is 1. The van der Waals surface area contributed by atoms with Crippen molar-refractivity contribution in [2.75, 3.05) is 51.5 Å². The molecule has 0 saturated carbocycles. The zero-order valence-electron chi connectivity index (χ0n) is 14.1. The van der Waals surface area contributed by atoms with E-state index in [-0.39, 0.29) is 43.1 Å². The Morgan fingerprint density at radius 1 is 1.08 bits per heavy atom. The van der Waals surface area contributed by atoms with Crippen molar-refractivity contribution in [3.8, 4) is 0 Å². The molecule has 3 N–H and O–H groups in total. The van der Waals surface area contributed by atoms with E-state index in [1.165, 1.54) is 0 Å². The molecule has 1 amide bonds. The number of carbonyl (C=O) groups excluding carboxylic acids is 1. The van der Waals surface area contributed by atoms with Gasteiger partial charge in [0.1, 0.15) is 0 Å².